The molecule has 0 aromatic heterocycles. The Morgan fingerprint density at radius 1 is 1.26 bits per heavy atom. The van der Waals surface area contributed by atoms with Crippen molar-refractivity contribution in [2.75, 3.05) is 12.0 Å². The van der Waals surface area contributed by atoms with Crippen LogP contribution in [-0.4, -0.2) is 34.5 Å². The normalized spacial score (nSPS) is 32.8. The highest BCUT2D eigenvalue weighted by atomic mass is 32.2. The lowest BCUT2D eigenvalue weighted by Gasteiger charge is -2.34. The number of aliphatic imine (C=N–C) groups is 1. The topological polar surface area (TPSA) is 24.4 Å². The fourth-order valence-corrected chi connectivity index (χ4v) is 4.69. The Labute approximate surface area is 127 Å². The van der Waals surface area contributed by atoms with E-state index in [4.69, 9.17) is 4.99 Å². The fourth-order valence-electron chi connectivity index (χ4n) is 2.88. The van der Waals surface area contributed by atoms with Crippen molar-refractivity contribution in [2.24, 2.45) is 10.4 Å². The van der Waals surface area contributed by atoms with Crippen molar-refractivity contribution in [3.05, 3.63) is 0 Å². The van der Waals surface area contributed by atoms with Crippen LogP contribution < -0.4 is 5.32 Å². The van der Waals surface area contributed by atoms with E-state index in [1.807, 2.05) is 23.5 Å². The average molecular weight is 301 g/mol. The molecule has 1 aliphatic carbocycles. The molecule has 0 saturated heterocycles. The van der Waals surface area contributed by atoms with Gasteiger partial charge in [0.15, 0.2) is 5.17 Å². The molecule has 1 fully saturated rings. The van der Waals surface area contributed by atoms with Crippen LogP contribution in [0, 0.1) is 5.41 Å². The molecule has 3 atom stereocenters. The Bertz CT molecular complexity index is 323. The number of nitrogens with one attached hydrogen (secondary N) is 1. The van der Waals surface area contributed by atoms with Gasteiger partial charge >= 0.3 is 0 Å². The third kappa shape index (κ3) is 4.59. The number of nitrogens with zero attached hydrogens (tertiary/aromatic N) is 1. The SMILES string of the molecule is CSC1CCCC(NC2=NC(C(C)(C)C)CCS2)C1. The Morgan fingerprint density at radius 2 is 2.05 bits per heavy atom. The van der Waals surface area contributed by atoms with Crippen LogP contribution in [0.4, 0.5) is 0 Å². The zero-order valence-corrected chi connectivity index (χ0v) is 14.4. The molecule has 2 aliphatic rings. The predicted molar refractivity (Wildman–Crippen MR) is 90.4 cm³/mol. The summed E-state index contributed by atoms with van der Waals surface area (Å²) < 4.78 is 0. The Hall–Kier alpha value is 0.170. The molecule has 2 nitrogen and oxygen atoms in total. The molecule has 0 spiro atoms. The van der Waals surface area contributed by atoms with Crippen molar-refractivity contribution in [1.29, 1.82) is 0 Å². The van der Waals surface area contributed by atoms with Crippen LogP contribution in [-0.2, 0) is 0 Å². The van der Waals surface area contributed by atoms with Crippen LogP contribution in [0.1, 0.15) is 52.9 Å². The Morgan fingerprint density at radius 3 is 2.74 bits per heavy atom. The molecule has 1 aliphatic heterocycles. The minimum Gasteiger partial charge on any atom is -0.362 e. The maximum absolute atomic E-state index is 4.96. The van der Waals surface area contributed by atoms with Gasteiger partial charge in [-0.05, 0) is 37.4 Å². The summed E-state index contributed by atoms with van der Waals surface area (Å²) >= 11 is 3.95. The van der Waals surface area contributed by atoms with Crippen molar-refractivity contribution in [3.8, 4) is 0 Å². The van der Waals surface area contributed by atoms with Gasteiger partial charge in [-0.25, -0.2) is 0 Å². The third-order valence-corrected chi connectivity index (χ3v) is 6.22. The second kappa shape index (κ2) is 6.75. The van der Waals surface area contributed by atoms with Crippen LogP contribution in [0.5, 0.6) is 0 Å². The van der Waals surface area contributed by atoms with Crippen LogP contribution in [0.2, 0.25) is 0 Å². The maximum atomic E-state index is 4.96. The van der Waals surface area contributed by atoms with Gasteiger partial charge in [-0.2, -0.15) is 11.8 Å². The zero-order valence-electron chi connectivity index (χ0n) is 12.7. The number of rotatable bonds is 2. The van der Waals surface area contributed by atoms with Gasteiger partial charge in [-0.3, -0.25) is 4.99 Å². The number of hydrogen-bond donors (Lipinski definition) is 1. The summed E-state index contributed by atoms with van der Waals surface area (Å²) in [5, 5.41) is 5.78. The summed E-state index contributed by atoms with van der Waals surface area (Å²) in [5.41, 5.74) is 0.294. The van der Waals surface area contributed by atoms with E-state index in [2.05, 4.69) is 32.3 Å². The maximum Gasteiger partial charge on any atom is 0.157 e. The van der Waals surface area contributed by atoms with E-state index in [0.717, 1.165) is 5.25 Å². The van der Waals surface area contributed by atoms with Gasteiger partial charge in [0.2, 0.25) is 0 Å². The van der Waals surface area contributed by atoms with Gasteiger partial charge in [0.1, 0.15) is 0 Å². The molecule has 110 valence electrons. The summed E-state index contributed by atoms with van der Waals surface area (Å²) in [6.45, 7) is 6.91. The van der Waals surface area contributed by atoms with E-state index in [9.17, 15) is 0 Å². The van der Waals surface area contributed by atoms with E-state index in [1.165, 1.54) is 43.0 Å². The highest BCUT2D eigenvalue weighted by Crippen LogP contribution is 2.31. The predicted octanol–water partition coefficient (Wildman–Crippen LogP) is 4.16. The van der Waals surface area contributed by atoms with Crippen LogP contribution in [0.15, 0.2) is 4.99 Å². The summed E-state index contributed by atoms with van der Waals surface area (Å²) in [4.78, 5) is 4.96. The molecule has 3 unspecified atom stereocenters. The van der Waals surface area contributed by atoms with E-state index in [0.29, 0.717) is 17.5 Å². The van der Waals surface area contributed by atoms with Crippen molar-refractivity contribution in [3.63, 3.8) is 0 Å². The monoisotopic (exact) mass is 300 g/mol. The van der Waals surface area contributed by atoms with Crippen molar-refractivity contribution in [1.82, 2.24) is 5.32 Å². The highest BCUT2D eigenvalue weighted by molar-refractivity contribution is 8.13. The second-order valence-corrected chi connectivity index (χ2v) is 9.04. The molecule has 1 heterocycles. The first-order valence-electron chi connectivity index (χ1n) is 7.49. The van der Waals surface area contributed by atoms with Gasteiger partial charge < -0.3 is 5.32 Å². The third-order valence-electron chi connectivity index (χ3n) is 4.19. The zero-order chi connectivity index (χ0) is 13.9. The minimum atomic E-state index is 0.294. The molecular weight excluding hydrogens is 272 g/mol. The van der Waals surface area contributed by atoms with Crippen molar-refractivity contribution < 1.29 is 0 Å². The van der Waals surface area contributed by atoms with Gasteiger partial charge in [-0.1, -0.05) is 39.0 Å². The molecule has 0 bridgehead atoms. The molecule has 0 aromatic carbocycles. The van der Waals surface area contributed by atoms with Crippen molar-refractivity contribution >= 4 is 28.7 Å². The highest BCUT2D eigenvalue weighted by Gasteiger charge is 2.29. The minimum absolute atomic E-state index is 0.294. The molecule has 0 aromatic rings. The lowest BCUT2D eigenvalue weighted by Crippen LogP contribution is -2.41. The largest absolute Gasteiger partial charge is 0.362 e. The molecule has 0 amide bonds. The van der Waals surface area contributed by atoms with Crippen LogP contribution in [0.3, 0.4) is 0 Å². The summed E-state index contributed by atoms with van der Waals surface area (Å²) in [5.74, 6) is 1.21. The standard InChI is InChI=1S/C15H28N2S2/c1-15(2,3)13-8-9-19-14(17-13)16-11-6-5-7-12(10-11)18-4/h11-13H,5-10H2,1-4H3,(H,16,17). The molecule has 19 heavy (non-hydrogen) atoms. The fraction of sp³-hybridized carbons (Fsp3) is 0.933. The quantitative estimate of drug-likeness (QED) is 0.829. The van der Waals surface area contributed by atoms with Gasteiger partial charge in [0, 0.05) is 17.0 Å². The second-order valence-electron chi connectivity index (χ2n) is 6.82. The Kier molecular flexibility index (Phi) is 5.53. The van der Waals surface area contributed by atoms with Crippen LogP contribution in [0.25, 0.3) is 0 Å². The number of amidine groups is 1. The van der Waals surface area contributed by atoms with Gasteiger partial charge in [-0.15, -0.1) is 0 Å². The molecule has 4 heteroatoms. The first-order valence-corrected chi connectivity index (χ1v) is 9.76. The molecule has 0 radical (unpaired) electrons. The molecule has 2 rings (SSSR count). The lowest BCUT2D eigenvalue weighted by atomic mass is 9.85. The van der Waals surface area contributed by atoms with E-state index < -0.39 is 0 Å². The molecule has 1 saturated carbocycles. The summed E-state index contributed by atoms with van der Waals surface area (Å²) in [7, 11) is 0. The van der Waals surface area contributed by atoms with Crippen molar-refractivity contribution in [2.45, 2.75) is 70.2 Å². The summed E-state index contributed by atoms with van der Waals surface area (Å²) in [6, 6.07) is 1.13. The number of hydrogen-bond acceptors (Lipinski definition) is 4. The smallest absolute Gasteiger partial charge is 0.157 e. The molecule has 1 N–H and O–H groups in total. The lowest BCUT2D eigenvalue weighted by molar-refractivity contribution is 0.314. The number of thioether (sulfide) groups is 2. The Balaban J connectivity index is 1.92. The summed E-state index contributed by atoms with van der Waals surface area (Å²) in [6.07, 6.45) is 8.85. The van der Waals surface area contributed by atoms with Crippen LogP contribution >= 0.6 is 23.5 Å². The van der Waals surface area contributed by atoms with Gasteiger partial charge in [0.05, 0.1) is 6.04 Å². The first kappa shape index (κ1) is 15.6. The van der Waals surface area contributed by atoms with E-state index >= 15 is 0 Å². The average Bonchev–Trinajstić information content (AvgIpc) is 2.38. The molecular formula is C15H28N2S2. The van der Waals surface area contributed by atoms with E-state index in [-0.39, 0.29) is 0 Å². The van der Waals surface area contributed by atoms with E-state index in [1.54, 1.807) is 0 Å². The first-order chi connectivity index (χ1) is 8.99. The van der Waals surface area contributed by atoms with Gasteiger partial charge in [0.25, 0.3) is 0 Å².